The Morgan fingerprint density at radius 2 is 2.22 bits per heavy atom. The molecule has 2 N–H and O–H groups in total. The lowest BCUT2D eigenvalue weighted by Gasteiger charge is -2.08. The Morgan fingerprint density at radius 1 is 1.44 bits per heavy atom. The molecule has 5 heteroatoms. The lowest BCUT2D eigenvalue weighted by atomic mass is 10.2. The molecule has 0 unspecified atom stereocenters. The number of carboxylic acid groups (broad SMARTS) is 1. The zero-order valence-electron chi connectivity index (χ0n) is 9.74. The van der Waals surface area contributed by atoms with Crippen molar-refractivity contribution in [1.29, 1.82) is 0 Å². The normalized spacial score (nSPS) is 10.3. The summed E-state index contributed by atoms with van der Waals surface area (Å²) in [4.78, 5) is 10.9. The van der Waals surface area contributed by atoms with Crippen molar-refractivity contribution in [2.24, 2.45) is 0 Å². The van der Waals surface area contributed by atoms with Crippen molar-refractivity contribution in [3.8, 4) is 0 Å². The molecule has 0 amide bonds. The number of benzene rings is 1. The maximum Gasteiger partial charge on any atom is 0.372 e. The van der Waals surface area contributed by atoms with Crippen molar-refractivity contribution in [2.75, 3.05) is 5.32 Å². The quantitative estimate of drug-likeness (QED) is 0.887. The molecule has 1 aromatic heterocycles. The van der Waals surface area contributed by atoms with E-state index in [1.54, 1.807) is 12.1 Å². The van der Waals surface area contributed by atoms with E-state index in [0.717, 1.165) is 11.3 Å². The first-order chi connectivity index (χ1) is 8.58. The van der Waals surface area contributed by atoms with Gasteiger partial charge in [-0.25, -0.2) is 4.79 Å². The van der Waals surface area contributed by atoms with Crippen LogP contribution in [-0.2, 0) is 6.54 Å². The highest BCUT2D eigenvalue weighted by Gasteiger charge is 2.13. The molecule has 18 heavy (non-hydrogen) atoms. The molecule has 2 rings (SSSR count). The molecular formula is C13H12ClNO3. The Morgan fingerprint density at radius 3 is 2.94 bits per heavy atom. The van der Waals surface area contributed by atoms with Gasteiger partial charge in [-0.2, -0.15) is 0 Å². The standard InChI is InChI=1S/C13H12ClNO3/c1-8-2-3-10(14)11(6-8)15-7-9-4-5-18-12(9)13(16)17/h2-6,15H,7H2,1H3,(H,16,17). The van der Waals surface area contributed by atoms with Gasteiger partial charge in [0, 0.05) is 12.1 Å². The average Bonchev–Trinajstić information content (AvgIpc) is 2.79. The summed E-state index contributed by atoms with van der Waals surface area (Å²) < 4.78 is 4.90. The zero-order valence-corrected chi connectivity index (χ0v) is 10.5. The number of carboxylic acids is 1. The molecule has 0 aliphatic heterocycles. The molecule has 1 aromatic carbocycles. The number of nitrogens with one attached hydrogen (secondary N) is 1. The third-order valence-electron chi connectivity index (χ3n) is 2.53. The lowest BCUT2D eigenvalue weighted by molar-refractivity contribution is 0.0661. The smallest absolute Gasteiger partial charge is 0.372 e. The van der Waals surface area contributed by atoms with Crippen LogP contribution in [-0.4, -0.2) is 11.1 Å². The van der Waals surface area contributed by atoms with E-state index in [-0.39, 0.29) is 5.76 Å². The summed E-state index contributed by atoms with van der Waals surface area (Å²) in [5.74, 6) is -1.13. The van der Waals surface area contributed by atoms with Gasteiger partial charge >= 0.3 is 5.97 Å². The number of aryl methyl sites for hydroxylation is 1. The Kier molecular flexibility index (Phi) is 3.58. The molecule has 0 radical (unpaired) electrons. The van der Waals surface area contributed by atoms with Gasteiger partial charge in [-0.15, -0.1) is 0 Å². The van der Waals surface area contributed by atoms with E-state index >= 15 is 0 Å². The maximum atomic E-state index is 10.9. The van der Waals surface area contributed by atoms with Crippen LogP contribution in [0.25, 0.3) is 0 Å². The first-order valence-electron chi connectivity index (χ1n) is 5.37. The van der Waals surface area contributed by atoms with Crippen LogP contribution in [0.4, 0.5) is 5.69 Å². The van der Waals surface area contributed by atoms with Crippen LogP contribution in [0.3, 0.4) is 0 Å². The average molecular weight is 266 g/mol. The van der Waals surface area contributed by atoms with Crippen LogP contribution in [0.5, 0.6) is 0 Å². The SMILES string of the molecule is Cc1ccc(Cl)c(NCc2ccoc2C(=O)O)c1. The molecule has 0 saturated heterocycles. The second-order valence-electron chi connectivity index (χ2n) is 3.92. The minimum atomic E-state index is -1.08. The van der Waals surface area contributed by atoms with Crippen molar-refractivity contribution >= 4 is 23.3 Å². The zero-order chi connectivity index (χ0) is 13.1. The molecule has 1 heterocycles. The van der Waals surface area contributed by atoms with Crippen molar-refractivity contribution in [3.05, 3.63) is 52.4 Å². The summed E-state index contributed by atoms with van der Waals surface area (Å²) in [7, 11) is 0. The van der Waals surface area contributed by atoms with Crippen molar-refractivity contribution < 1.29 is 14.3 Å². The summed E-state index contributed by atoms with van der Waals surface area (Å²) in [6.07, 6.45) is 1.36. The van der Waals surface area contributed by atoms with E-state index in [9.17, 15) is 4.79 Å². The van der Waals surface area contributed by atoms with E-state index in [4.69, 9.17) is 21.1 Å². The third kappa shape index (κ3) is 2.65. The topological polar surface area (TPSA) is 62.5 Å². The number of carbonyl (C=O) groups is 1. The largest absolute Gasteiger partial charge is 0.475 e. The number of anilines is 1. The second kappa shape index (κ2) is 5.14. The van der Waals surface area contributed by atoms with Crippen LogP contribution in [0.2, 0.25) is 5.02 Å². The first-order valence-corrected chi connectivity index (χ1v) is 5.75. The van der Waals surface area contributed by atoms with Gasteiger partial charge in [-0.05, 0) is 30.7 Å². The van der Waals surface area contributed by atoms with Gasteiger partial charge in [-0.1, -0.05) is 17.7 Å². The number of aromatic carboxylic acids is 1. The number of hydrogen-bond donors (Lipinski definition) is 2. The van der Waals surface area contributed by atoms with Gasteiger partial charge < -0.3 is 14.8 Å². The first kappa shape index (κ1) is 12.5. The number of furan rings is 1. The second-order valence-corrected chi connectivity index (χ2v) is 4.32. The summed E-state index contributed by atoms with van der Waals surface area (Å²) in [6.45, 7) is 2.31. The molecule has 4 nitrogen and oxygen atoms in total. The van der Waals surface area contributed by atoms with Gasteiger partial charge in [0.25, 0.3) is 0 Å². The molecule has 0 atom stereocenters. The third-order valence-corrected chi connectivity index (χ3v) is 2.86. The number of rotatable bonds is 4. The summed E-state index contributed by atoms with van der Waals surface area (Å²) >= 11 is 6.04. The number of halogens is 1. The Bertz CT molecular complexity index is 577. The fourth-order valence-electron chi connectivity index (χ4n) is 1.63. The van der Waals surface area contributed by atoms with E-state index in [0.29, 0.717) is 17.1 Å². The van der Waals surface area contributed by atoms with Gasteiger partial charge in [-0.3, -0.25) is 0 Å². The van der Waals surface area contributed by atoms with Crippen molar-refractivity contribution in [3.63, 3.8) is 0 Å². The fourth-order valence-corrected chi connectivity index (χ4v) is 1.81. The lowest BCUT2D eigenvalue weighted by Crippen LogP contribution is -2.05. The Balaban J connectivity index is 2.14. The van der Waals surface area contributed by atoms with Crippen LogP contribution in [0.15, 0.2) is 34.9 Å². The highest BCUT2D eigenvalue weighted by molar-refractivity contribution is 6.33. The molecule has 0 bridgehead atoms. The van der Waals surface area contributed by atoms with Crippen LogP contribution in [0.1, 0.15) is 21.7 Å². The summed E-state index contributed by atoms with van der Waals surface area (Å²) in [6, 6.07) is 7.24. The molecule has 0 spiro atoms. The van der Waals surface area contributed by atoms with Crippen LogP contribution >= 0.6 is 11.6 Å². The predicted molar refractivity (Wildman–Crippen MR) is 69.2 cm³/mol. The van der Waals surface area contributed by atoms with E-state index < -0.39 is 5.97 Å². The minimum Gasteiger partial charge on any atom is -0.475 e. The summed E-state index contributed by atoms with van der Waals surface area (Å²) in [5.41, 5.74) is 2.43. The molecule has 0 aliphatic carbocycles. The van der Waals surface area contributed by atoms with E-state index in [1.165, 1.54) is 6.26 Å². The molecular weight excluding hydrogens is 254 g/mol. The monoisotopic (exact) mass is 265 g/mol. The Hall–Kier alpha value is -1.94. The number of hydrogen-bond acceptors (Lipinski definition) is 3. The Labute approximate surface area is 109 Å². The summed E-state index contributed by atoms with van der Waals surface area (Å²) in [5, 5.41) is 12.6. The van der Waals surface area contributed by atoms with Crippen LogP contribution < -0.4 is 5.32 Å². The van der Waals surface area contributed by atoms with Crippen molar-refractivity contribution in [1.82, 2.24) is 0 Å². The minimum absolute atomic E-state index is 0.0497. The highest BCUT2D eigenvalue weighted by Crippen LogP contribution is 2.23. The van der Waals surface area contributed by atoms with Crippen molar-refractivity contribution in [2.45, 2.75) is 13.5 Å². The predicted octanol–water partition coefficient (Wildman–Crippen LogP) is 3.55. The van der Waals surface area contributed by atoms with E-state index in [2.05, 4.69) is 5.32 Å². The van der Waals surface area contributed by atoms with Gasteiger partial charge in [0.05, 0.1) is 17.0 Å². The highest BCUT2D eigenvalue weighted by atomic mass is 35.5. The molecule has 0 fully saturated rings. The molecule has 94 valence electrons. The maximum absolute atomic E-state index is 10.9. The van der Waals surface area contributed by atoms with Crippen LogP contribution in [0, 0.1) is 6.92 Å². The molecule has 0 aliphatic rings. The van der Waals surface area contributed by atoms with Gasteiger partial charge in [0.15, 0.2) is 0 Å². The molecule has 2 aromatic rings. The van der Waals surface area contributed by atoms with Gasteiger partial charge in [0.2, 0.25) is 5.76 Å². The van der Waals surface area contributed by atoms with Gasteiger partial charge in [0.1, 0.15) is 0 Å². The van der Waals surface area contributed by atoms with E-state index in [1.807, 2.05) is 19.1 Å². The fraction of sp³-hybridized carbons (Fsp3) is 0.154. The molecule has 0 saturated carbocycles.